The molecule has 3 nitrogen and oxygen atoms in total. The highest BCUT2D eigenvalue weighted by Gasteiger charge is 2.36. The summed E-state index contributed by atoms with van der Waals surface area (Å²) in [4.78, 5) is 2.27. The van der Waals surface area contributed by atoms with Crippen LogP contribution in [0.1, 0.15) is 31.7 Å². The van der Waals surface area contributed by atoms with E-state index in [1.165, 1.54) is 0 Å². The molecule has 1 fully saturated rings. The van der Waals surface area contributed by atoms with Gasteiger partial charge in [0.1, 0.15) is 0 Å². The van der Waals surface area contributed by atoms with E-state index in [1.807, 2.05) is 25.1 Å². The molecule has 0 aromatic heterocycles. The number of rotatable bonds is 4. The van der Waals surface area contributed by atoms with Gasteiger partial charge in [-0.3, -0.25) is 0 Å². The monoisotopic (exact) mass is 258 g/mol. The molecular weight excluding hydrogens is 236 g/mol. The fourth-order valence-electron chi connectivity index (χ4n) is 2.77. The Morgan fingerprint density at radius 1 is 1.32 bits per heavy atom. The maximum Gasteiger partial charge on any atom is 0.0846 e. The lowest BCUT2D eigenvalue weighted by Crippen LogP contribution is -2.44. The summed E-state index contributed by atoms with van der Waals surface area (Å²) in [6, 6.07) is 12.6. The van der Waals surface area contributed by atoms with Crippen molar-refractivity contribution in [3.63, 3.8) is 0 Å². The molecule has 3 heteroatoms. The maximum atomic E-state index is 9.71. The third kappa shape index (κ3) is 3.15. The maximum absolute atomic E-state index is 9.71. The summed E-state index contributed by atoms with van der Waals surface area (Å²) >= 11 is 0. The fraction of sp³-hybridized carbons (Fsp3) is 0.562. The van der Waals surface area contributed by atoms with Crippen LogP contribution in [-0.4, -0.2) is 35.7 Å². The van der Waals surface area contributed by atoms with Gasteiger partial charge in [-0.1, -0.05) is 37.3 Å². The first-order valence-electron chi connectivity index (χ1n) is 7.07. The molecule has 0 spiro atoms. The standard InChI is InChI=1S/C16H22N2O/c1-2-15(19)12-18-10-8-16(13-17,9-11-18)14-6-4-3-5-7-14/h3-7,15,19H,2,8-12H2,1H3. The summed E-state index contributed by atoms with van der Waals surface area (Å²) in [6.45, 7) is 4.50. The number of β-amino-alcohol motifs (C(OH)–C–C–N with tert-alkyl or cyclic N) is 1. The highest BCUT2D eigenvalue weighted by molar-refractivity contribution is 5.33. The van der Waals surface area contributed by atoms with E-state index in [-0.39, 0.29) is 11.5 Å². The lowest BCUT2D eigenvalue weighted by atomic mass is 9.74. The zero-order chi connectivity index (χ0) is 13.7. The van der Waals surface area contributed by atoms with Crippen molar-refractivity contribution in [1.82, 2.24) is 4.90 Å². The molecule has 0 aliphatic carbocycles. The zero-order valence-electron chi connectivity index (χ0n) is 11.5. The molecule has 1 unspecified atom stereocenters. The lowest BCUT2D eigenvalue weighted by molar-refractivity contribution is 0.0874. The van der Waals surface area contributed by atoms with Gasteiger partial charge in [0.05, 0.1) is 17.6 Å². The minimum absolute atomic E-state index is 0.244. The van der Waals surface area contributed by atoms with Crippen LogP contribution in [0.5, 0.6) is 0 Å². The Hall–Kier alpha value is -1.37. The molecule has 1 saturated heterocycles. The van der Waals surface area contributed by atoms with Crippen molar-refractivity contribution in [3.8, 4) is 6.07 Å². The smallest absolute Gasteiger partial charge is 0.0846 e. The Morgan fingerprint density at radius 3 is 2.47 bits per heavy atom. The van der Waals surface area contributed by atoms with Crippen molar-refractivity contribution in [1.29, 1.82) is 5.26 Å². The summed E-state index contributed by atoms with van der Waals surface area (Å²) in [5.41, 5.74) is 0.794. The first-order valence-corrected chi connectivity index (χ1v) is 7.07. The summed E-state index contributed by atoms with van der Waals surface area (Å²) in [7, 11) is 0. The summed E-state index contributed by atoms with van der Waals surface area (Å²) in [5.74, 6) is 0. The minimum atomic E-state index is -0.338. The topological polar surface area (TPSA) is 47.3 Å². The van der Waals surface area contributed by atoms with Crippen molar-refractivity contribution in [2.75, 3.05) is 19.6 Å². The molecule has 19 heavy (non-hydrogen) atoms. The summed E-state index contributed by atoms with van der Waals surface area (Å²) < 4.78 is 0. The van der Waals surface area contributed by atoms with Gasteiger partial charge in [-0.15, -0.1) is 0 Å². The quantitative estimate of drug-likeness (QED) is 0.901. The van der Waals surface area contributed by atoms with E-state index in [2.05, 4.69) is 23.1 Å². The van der Waals surface area contributed by atoms with E-state index in [1.54, 1.807) is 0 Å². The number of piperidine rings is 1. The molecule has 1 aromatic rings. The molecule has 2 rings (SSSR count). The van der Waals surface area contributed by atoms with Gasteiger partial charge in [0, 0.05) is 19.6 Å². The first-order chi connectivity index (χ1) is 9.20. The Balaban J connectivity index is 2.03. The van der Waals surface area contributed by atoms with Gasteiger partial charge < -0.3 is 10.0 Å². The second kappa shape index (κ2) is 6.18. The average molecular weight is 258 g/mol. The van der Waals surface area contributed by atoms with E-state index < -0.39 is 0 Å². The molecule has 102 valence electrons. The number of aliphatic hydroxyl groups is 1. The number of nitrogens with zero attached hydrogens (tertiary/aromatic N) is 2. The molecule has 1 aromatic carbocycles. The van der Waals surface area contributed by atoms with Crippen LogP contribution in [0.25, 0.3) is 0 Å². The van der Waals surface area contributed by atoms with Crippen molar-refractivity contribution in [2.45, 2.75) is 37.7 Å². The Kier molecular flexibility index (Phi) is 4.57. The van der Waals surface area contributed by atoms with Gasteiger partial charge >= 0.3 is 0 Å². The first kappa shape index (κ1) is 14.0. The molecule has 0 radical (unpaired) electrons. The average Bonchev–Trinajstić information content (AvgIpc) is 2.49. The van der Waals surface area contributed by atoms with Crippen LogP contribution in [0.2, 0.25) is 0 Å². The van der Waals surface area contributed by atoms with Crippen LogP contribution in [0, 0.1) is 11.3 Å². The fourth-order valence-corrected chi connectivity index (χ4v) is 2.77. The van der Waals surface area contributed by atoms with Crippen LogP contribution in [0.15, 0.2) is 30.3 Å². The highest BCUT2D eigenvalue weighted by atomic mass is 16.3. The van der Waals surface area contributed by atoms with Crippen LogP contribution < -0.4 is 0 Å². The highest BCUT2D eigenvalue weighted by Crippen LogP contribution is 2.34. The number of aliphatic hydroxyl groups excluding tert-OH is 1. The van der Waals surface area contributed by atoms with Crippen LogP contribution >= 0.6 is 0 Å². The third-order valence-corrected chi connectivity index (χ3v) is 4.19. The number of benzene rings is 1. The number of hydrogen-bond donors (Lipinski definition) is 1. The summed E-state index contributed by atoms with van der Waals surface area (Å²) in [6.07, 6.45) is 2.25. The van der Waals surface area contributed by atoms with E-state index in [0.717, 1.165) is 44.5 Å². The summed E-state index contributed by atoms with van der Waals surface area (Å²) in [5, 5.41) is 19.3. The minimum Gasteiger partial charge on any atom is -0.392 e. The second-order valence-electron chi connectivity index (χ2n) is 5.42. The zero-order valence-corrected chi connectivity index (χ0v) is 11.5. The number of hydrogen-bond acceptors (Lipinski definition) is 3. The second-order valence-corrected chi connectivity index (χ2v) is 5.42. The van der Waals surface area contributed by atoms with Gasteiger partial charge in [0.25, 0.3) is 0 Å². The van der Waals surface area contributed by atoms with E-state index >= 15 is 0 Å². The molecule has 1 aliphatic heterocycles. The van der Waals surface area contributed by atoms with Gasteiger partial charge in [0.2, 0.25) is 0 Å². The molecule has 1 atom stereocenters. The van der Waals surface area contributed by atoms with Crippen molar-refractivity contribution in [2.24, 2.45) is 0 Å². The normalized spacial score (nSPS) is 20.7. The molecule has 0 bridgehead atoms. The van der Waals surface area contributed by atoms with Crippen molar-refractivity contribution < 1.29 is 5.11 Å². The number of likely N-dealkylation sites (tertiary alicyclic amines) is 1. The van der Waals surface area contributed by atoms with Crippen LogP contribution in [0.4, 0.5) is 0 Å². The van der Waals surface area contributed by atoms with Gasteiger partial charge in [-0.25, -0.2) is 0 Å². The SMILES string of the molecule is CCC(O)CN1CCC(C#N)(c2ccccc2)CC1. The molecule has 0 saturated carbocycles. The van der Waals surface area contributed by atoms with E-state index in [0.29, 0.717) is 0 Å². The molecule has 1 N–H and O–H groups in total. The van der Waals surface area contributed by atoms with E-state index in [9.17, 15) is 10.4 Å². The predicted molar refractivity (Wildman–Crippen MR) is 75.7 cm³/mol. The lowest BCUT2D eigenvalue weighted by Gasteiger charge is -2.38. The van der Waals surface area contributed by atoms with Crippen molar-refractivity contribution in [3.05, 3.63) is 35.9 Å². The van der Waals surface area contributed by atoms with Gasteiger partial charge in [-0.2, -0.15) is 5.26 Å². The predicted octanol–water partition coefficient (Wildman–Crippen LogP) is 2.31. The Morgan fingerprint density at radius 2 is 1.95 bits per heavy atom. The Labute approximate surface area is 115 Å². The van der Waals surface area contributed by atoms with Crippen LogP contribution in [0.3, 0.4) is 0 Å². The third-order valence-electron chi connectivity index (χ3n) is 4.19. The molecule has 1 heterocycles. The van der Waals surface area contributed by atoms with Gasteiger partial charge in [-0.05, 0) is 24.8 Å². The molecular formula is C16H22N2O. The van der Waals surface area contributed by atoms with Gasteiger partial charge in [0.15, 0.2) is 0 Å². The molecule has 1 aliphatic rings. The van der Waals surface area contributed by atoms with Crippen LogP contribution in [-0.2, 0) is 5.41 Å². The molecule has 0 amide bonds. The van der Waals surface area contributed by atoms with E-state index in [4.69, 9.17) is 0 Å². The Bertz CT molecular complexity index is 430. The largest absolute Gasteiger partial charge is 0.392 e. The number of nitriles is 1. The van der Waals surface area contributed by atoms with Crippen molar-refractivity contribution >= 4 is 0 Å².